The molecule has 2 rings (SSSR count). The first-order chi connectivity index (χ1) is 8.72. The number of ether oxygens (including phenoxy) is 1. The quantitative estimate of drug-likeness (QED) is 0.785. The Morgan fingerprint density at radius 2 is 2.17 bits per heavy atom. The molecule has 1 aromatic rings. The molecule has 18 heavy (non-hydrogen) atoms. The molecule has 1 aliphatic rings. The number of methoxy groups -OCH3 is 1. The van der Waals surface area contributed by atoms with Crippen LogP contribution in [0, 0.1) is 5.92 Å². The third kappa shape index (κ3) is 3.48. The minimum Gasteiger partial charge on any atom is -0.496 e. The van der Waals surface area contributed by atoms with Gasteiger partial charge in [0.15, 0.2) is 0 Å². The molecule has 0 saturated heterocycles. The molecule has 3 heteroatoms. The number of rotatable bonds is 6. The lowest BCUT2D eigenvalue weighted by Gasteiger charge is -2.32. The van der Waals surface area contributed by atoms with Crippen molar-refractivity contribution in [2.75, 3.05) is 20.2 Å². The molecule has 0 N–H and O–H groups in total. The summed E-state index contributed by atoms with van der Waals surface area (Å²) in [5.74, 6) is 1.91. The summed E-state index contributed by atoms with van der Waals surface area (Å²) in [7, 11) is 1.74. The van der Waals surface area contributed by atoms with E-state index in [2.05, 4.69) is 33.8 Å². The average molecular weight is 312 g/mol. The Kier molecular flexibility index (Phi) is 5.07. The predicted molar refractivity (Wildman–Crippen MR) is 79.0 cm³/mol. The number of hydrogen-bond acceptors (Lipinski definition) is 2. The van der Waals surface area contributed by atoms with Crippen LogP contribution in [0.4, 0.5) is 0 Å². The van der Waals surface area contributed by atoms with Crippen LogP contribution in [0.1, 0.15) is 31.7 Å². The lowest BCUT2D eigenvalue weighted by atomic mass is 9.85. The number of hydrogen-bond donors (Lipinski definition) is 0. The maximum absolute atomic E-state index is 5.44. The van der Waals surface area contributed by atoms with Crippen molar-refractivity contribution in [3.63, 3.8) is 0 Å². The molecule has 0 aromatic heterocycles. The van der Waals surface area contributed by atoms with E-state index in [0.29, 0.717) is 0 Å². The van der Waals surface area contributed by atoms with E-state index in [4.69, 9.17) is 4.74 Å². The Labute approximate surface area is 118 Å². The highest BCUT2D eigenvalue weighted by Crippen LogP contribution is 2.29. The lowest BCUT2D eigenvalue weighted by Crippen LogP contribution is -2.32. The summed E-state index contributed by atoms with van der Waals surface area (Å²) < 4.78 is 6.57. The molecule has 100 valence electrons. The minimum atomic E-state index is 0.920. The van der Waals surface area contributed by atoms with Crippen molar-refractivity contribution in [1.82, 2.24) is 4.90 Å². The summed E-state index contributed by atoms with van der Waals surface area (Å²) in [6.07, 6.45) is 4.24. The second kappa shape index (κ2) is 6.58. The summed E-state index contributed by atoms with van der Waals surface area (Å²) in [4.78, 5) is 2.52. The molecular weight excluding hydrogens is 290 g/mol. The zero-order valence-corrected chi connectivity index (χ0v) is 12.9. The second-order valence-corrected chi connectivity index (χ2v) is 6.00. The van der Waals surface area contributed by atoms with Crippen molar-refractivity contribution >= 4 is 15.9 Å². The summed E-state index contributed by atoms with van der Waals surface area (Å²) >= 11 is 3.54. The smallest absolute Gasteiger partial charge is 0.123 e. The topological polar surface area (TPSA) is 12.5 Å². The molecule has 0 amide bonds. The van der Waals surface area contributed by atoms with E-state index >= 15 is 0 Å². The predicted octanol–water partition coefficient (Wildman–Crippen LogP) is 4.08. The van der Waals surface area contributed by atoms with Gasteiger partial charge in [-0.15, -0.1) is 0 Å². The first-order valence-corrected chi connectivity index (χ1v) is 7.57. The van der Waals surface area contributed by atoms with Gasteiger partial charge in [-0.1, -0.05) is 29.3 Å². The van der Waals surface area contributed by atoms with Gasteiger partial charge in [-0.3, -0.25) is 4.90 Å². The van der Waals surface area contributed by atoms with Crippen LogP contribution >= 0.6 is 15.9 Å². The maximum Gasteiger partial charge on any atom is 0.123 e. The Balaban J connectivity index is 2.02. The standard InChI is InChI=1S/C15H22BrNO/c1-3-17(10-12-5-4-6-12)11-13-9-14(16)7-8-15(13)18-2/h7-9,12H,3-6,10-11H2,1-2H3. The van der Waals surface area contributed by atoms with Crippen LogP contribution in [0.15, 0.2) is 22.7 Å². The SMILES string of the molecule is CCN(Cc1cc(Br)ccc1OC)CC1CCC1. The largest absolute Gasteiger partial charge is 0.496 e. The fourth-order valence-electron chi connectivity index (χ4n) is 2.46. The van der Waals surface area contributed by atoms with Crippen molar-refractivity contribution in [2.24, 2.45) is 5.92 Å². The van der Waals surface area contributed by atoms with E-state index in [1.165, 1.54) is 31.4 Å². The molecule has 1 saturated carbocycles. The number of benzene rings is 1. The van der Waals surface area contributed by atoms with E-state index in [1.807, 2.05) is 12.1 Å². The Bertz CT molecular complexity index is 390. The molecule has 0 spiro atoms. The van der Waals surface area contributed by atoms with E-state index < -0.39 is 0 Å². The molecule has 0 unspecified atom stereocenters. The number of halogens is 1. The summed E-state index contributed by atoms with van der Waals surface area (Å²) in [5.41, 5.74) is 1.27. The molecular formula is C15H22BrNO. The molecule has 1 aliphatic carbocycles. The van der Waals surface area contributed by atoms with Crippen LogP contribution < -0.4 is 4.74 Å². The van der Waals surface area contributed by atoms with E-state index in [-0.39, 0.29) is 0 Å². The fraction of sp³-hybridized carbons (Fsp3) is 0.600. The third-order valence-corrected chi connectivity index (χ3v) is 4.32. The molecule has 1 fully saturated rings. The van der Waals surface area contributed by atoms with Crippen molar-refractivity contribution in [3.8, 4) is 5.75 Å². The first kappa shape index (κ1) is 13.9. The molecule has 1 aromatic carbocycles. The van der Waals surface area contributed by atoms with Gasteiger partial charge in [-0.05, 0) is 43.5 Å². The highest BCUT2D eigenvalue weighted by atomic mass is 79.9. The van der Waals surface area contributed by atoms with Gasteiger partial charge in [0.2, 0.25) is 0 Å². The summed E-state index contributed by atoms with van der Waals surface area (Å²) in [5, 5.41) is 0. The highest BCUT2D eigenvalue weighted by molar-refractivity contribution is 9.10. The summed E-state index contributed by atoms with van der Waals surface area (Å²) in [6, 6.07) is 6.24. The monoisotopic (exact) mass is 311 g/mol. The van der Waals surface area contributed by atoms with Crippen LogP contribution in [0.2, 0.25) is 0 Å². The van der Waals surface area contributed by atoms with Gasteiger partial charge in [-0.2, -0.15) is 0 Å². The van der Waals surface area contributed by atoms with Gasteiger partial charge in [0.1, 0.15) is 5.75 Å². The zero-order chi connectivity index (χ0) is 13.0. The molecule has 0 radical (unpaired) electrons. The molecule has 0 atom stereocenters. The van der Waals surface area contributed by atoms with Crippen molar-refractivity contribution in [1.29, 1.82) is 0 Å². The van der Waals surface area contributed by atoms with Crippen molar-refractivity contribution in [2.45, 2.75) is 32.7 Å². The van der Waals surface area contributed by atoms with Crippen molar-refractivity contribution in [3.05, 3.63) is 28.2 Å². The van der Waals surface area contributed by atoms with E-state index in [0.717, 1.165) is 29.2 Å². The van der Waals surface area contributed by atoms with Gasteiger partial charge in [-0.25, -0.2) is 0 Å². The normalized spacial score (nSPS) is 15.8. The molecule has 0 aliphatic heterocycles. The van der Waals surface area contributed by atoms with Crippen LogP contribution in [0.25, 0.3) is 0 Å². The van der Waals surface area contributed by atoms with Gasteiger partial charge >= 0.3 is 0 Å². The van der Waals surface area contributed by atoms with Crippen LogP contribution in [0.3, 0.4) is 0 Å². The Morgan fingerprint density at radius 1 is 1.39 bits per heavy atom. The Hall–Kier alpha value is -0.540. The third-order valence-electron chi connectivity index (χ3n) is 3.82. The van der Waals surface area contributed by atoms with E-state index in [9.17, 15) is 0 Å². The first-order valence-electron chi connectivity index (χ1n) is 6.77. The number of nitrogens with zero attached hydrogens (tertiary/aromatic N) is 1. The van der Waals surface area contributed by atoms with Gasteiger partial charge < -0.3 is 4.74 Å². The van der Waals surface area contributed by atoms with Gasteiger partial charge in [0, 0.05) is 23.1 Å². The van der Waals surface area contributed by atoms with Crippen LogP contribution in [-0.4, -0.2) is 25.1 Å². The van der Waals surface area contributed by atoms with Gasteiger partial charge in [0.25, 0.3) is 0 Å². The highest BCUT2D eigenvalue weighted by Gasteiger charge is 2.20. The summed E-state index contributed by atoms with van der Waals surface area (Å²) in [6.45, 7) is 5.55. The molecule has 0 heterocycles. The fourth-order valence-corrected chi connectivity index (χ4v) is 2.87. The maximum atomic E-state index is 5.44. The molecule has 2 nitrogen and oxygen atoms in total. The van der Waals surface area contributed by atoms with Gasteiger partial charge in [0.05, 0.1) is 7.11 Å². The van der Waals surface area contributed by atoms with E-state index in [1.54, 1.807) is 7.11 Å². The molecule has 0 bridgehead atoms. The minimum absolute atomic E-state index is 0.920. The second-order valence-electron chi connectivity index (χ2n) is 5.08. The van der Waals surface area contributed by atoms with Crippen LogP contribution in [-0.2, 0) is 6.54 Å². The lowest BCUT2D eigenvalue weighted by molar-refractivity contribution is 0.177. The van der Waals surface area contributed by atoms with Crippen LogP contribution in [0.5, 0.6) is 5.75 Å². The Morgan fingerprint density at radius 3 is 2.72 bits per heavy atom. The van der Waals surface area contributed by atoms with Crippen molar-refractivity contribution < 1.29 is 4.74 Å². The average Bonchev–Trinajstić information content (AvgIpc) is 2.32. The zero-order valence-electron chi connectivity index (χ0n) is 11.3.